The van der Waals surface area contributed by atoms with Crippen molar-refractivity contribution >= 4 is 15.9 Å². The van der Waals surface area contributed by atoms with Crippen molar-refractivity contribution in [2.45, 2.75) is 33.2 Å². The van der Waals surface area contributed by atoms with Crippen LogP contribution in [0.15, 0.2) is 22.7 Å². The molecule has 0 fully saturated rings. The van der Waals surface area contributed by atoms with E-state index in [9.17, 15) is 0 Å². The lowest BCUT2D eigenvalue weighted by Crippen LogP contribution is -2.12. The summed E-state index contributed by atoms with van der Waals surface area (Å²) in [7, 11) is 0. The van der Waals surface area contributed by atoms with Crippen LogP contribution < -0.4 is 10.1 Å². The molecule has 1 rings (SSSR count). The monoisotopic (exact) mass is 329 g/mol. The second kappa shape index (κ2) is 10.2. The van der Waals surface area contributed by atoms with E-state index in [1.165, 1.54) is 12.0 Å². The molecule has 0 aliphatic carbocycles. The molecule has 0 atom stereocenters. The van der Waals surface area contributed by atoms with Crippen molar-refractivity contribution in [2.75, 3.05) is 26.4 Å². The van der Waals surface area contributed by atoms with E-state index in [2.05, 4.69) is 47.2 Å². The first kappa shape index (κ1) is 16.5. The lowest BCUT2D eigenvalue weighted by Gasteiger charge is -2.10. The van der Waals surface area contributed by atoms with Crippen molar-refractivity contribution in [1.82, 2.24) is 5.32 Å². The molecule has 1 aromatic rings. The van der Waals surface area contributed by atoms with Crippen LogP contribution in [-0.2, 0) is 11.3 Å². The van der Waals surface area contributed by atoms with Crippen molar-refractivity contribution in [3.63, 3.8) is 0 Å². The Hall–Kier alpha value is -0.580. The second-order valence-corrected chi connectivity index (χ2v) is 5.21. The Morgan fingerprint density at radius 2 is 2.00 bits per heavy atom. The quantitative estimate of drug-likeness (QED) is 0.663. The first-order valence-electron chi connectivity index (χ1n) is 6.97. The highest BCUT2D eigenvalue weighted by Crippen LogP contribution is 2.25. The molecule has 108 valence electrons. The zero-order valence-corrected chi connectivity index (χ0v) is 13.5. The maximum absolute atomic E-state index is 5.68. The van der Waals surface area contributed by atoms with Crippen LogP contribution in [0.2, 0.25) is 0 Å². The minimum atomic E-state index is 0.592. The molecule has 0 unspecified atom stereocenters. The third-order valence-corrected chi connectivity index (χ3v) is 3.32. The molecule has 1 N–H and O–H groups in total. The van der Waals surface area contributed by atoms with Crippen LogP contribution in [0.3, 0.4) is 0 Å². The van der Waals surface area contributed by atoms with Gasteiger partial charge in [-0.25, -0.2) is 0 Å². The van der Waals surface area contributed by atoms with Gasteiger partial charge in [0.25, 0.3) is 0 Å². The molecule has 0 radical (unpaired) electrons. The summed E-state index contributed by atoms with van der Waals surface area (Å²) >= 11 is 3.54. The average Bonchev–Trinajstić information content (AvgIpc) is 2.42. The van der Waals surface area contributed by atoms with Crippen LogP contribution in [0.4, 0.5) is 0 Å². The molecule has 0 aliphatic heterocycles. The van der Waals surface area contributed by atoms with Gasteiger partial charge in [0.1, 0.15) is 12.4 Å². The van der Waals surface area contributed by atoms with Gasteiger partial charge in [0.05, 0.1) is 11.1 Å². The van der Waals surface area contributed by atoms with E-state index < -0.39 is 0 Å². The number of hydrogen-bond acceptors (Lipinski definition) is 3. The van der Waals surface area contributed by atoms with Gasteiger partial charge in [-0.1, -0.05) is 26.3 Å². The Labute approximate surface area is 124 Å². The van der Waals surface area contributed by atoms with Crippen molar-refractivity contribution in [3.8, 4) is 5.75 Å². The fourth-order valence-electron chi connectivity index (χ4n) is 1.60. The number of ether oxygens (including phenoxy) is 2. The fraction of sp³-hybridized carbons (Fsp3) is 0.600. The van der Waals surface area contributed by atoms with E-state index in [0.29, 0.717) is 13.2 Å². The minimum absolute atomic E-state index is 0.592. The molecule has 0 amide bonds. The fourth-order valence-corrected chi connectivity index (χ4v) is 2.14. The highest BCUT2D eigenvalue weighted by Gasteiger charge is 2.02. The Morgan fingerprint density at radius 3 is 2.68 bits per heavy atom. The molecular weight excluding hydrogens is 306 g/mol. The SMILES string of the molecule is CCCCOCCOc1ccc(CNCC)cc1Br. The summed E-state index contributed by atoms with van der Waals surface area (Å²) in [6, 6.07) is 6.18. The van der Waals surface area contributed by atoms with Crippen LogP contribution in [0.25, 0.3) is 0 Å². The van der Waals surface area contributed by atoms with Crippen molar-refractivity contribution in [1.29, 1.82) is 0 Å². The molecule has 0 aromatic heterocycles. The standard InChI is InChI=1S/C15H24BrNO2/c1-3-5-8-18-9-10-19-15-7-6-13(11-14(15)16)12-17-4-2/h6-7,11,17H,3-5,8-10,12H2,1-2H3. The molecule has 0 heterocycles. The van der Waals surface area contributed by atoms with Gasteiger partial charge in [0.15, 0.2) is 0 Å². The Balaban J connectivity index is 2.29. The van der Waals surface area contributed by atoms with Gasteiger partial charge in [0, 0.05) is 13.2 Å². The van der Waals surface area contributed by atoms with E-state index in [4.69, 9.17) is 9.47 Å². The Morgan fingerprint density at radius 1 is 1.16 bits per heavy atom. The maximum Gasteiger partial charge on any atom is 0.133 e. The second-order valence-electron chi connectivity index (χ2n) is 4.36. The van der Waals surface area contributed by atoms with E-state index in [0.717, 1.165) is 36.3 Å². The molecule has 19 heavy (non-hydrogen) atoms. The van der Waals surface area contributed by atoms with Crippen LogP contribution in [-0.4, -0.2) is 26.4 Å². The van der Waals surface area contributed by atoms with Crippen molar-refractivity contribution in [2.24, 2.45) is 0 Å². The maximum atomic E-state index is 5.68. The Bertz CT molecular complexity index is 358. The normalized spacial score (nSPS) is 10.7. The number of halogens is 1. The van der Waals surface area contributed by atoms with Crippen LogP contribution >= 0.6 is 15.9 Å². The largest absolute Gasteiger partial charge is 0.490 e. The summed E-state index contributed by atoms with van der Waals surface area (Å²) in [5, 5.41) is 3.30. The van der Waals surface area contributed by atoms with Gasteiger partial charge in [-0.15, -0.1) is 0 Å². The summed E-state index contributed by atoms with van der Waals surface area (Å²) in [4.78, 5) is 0. The molecule has 3 nitrogen and oxygen atoms in total. The number of benzene rings is 1. The molecule has 0 saturated carbocycles. The van der Waals surface area contributed by atoms with Gasteiger partial charge in [-0.05, 0) is 46.6 Å². The first-order valence-corrected chi connectivity index (χ1v) is 7.77. The summed E-state index contributed by atoms with van der Waals surface area (Å²) < 4.78 is 12.1. The highest BCUT2D eigenvalue weighted by molar-refractivity contribution is 9.10. The molecule has 0 spiro atoms. The minimum Gasteiger partial charge on any atom is -0.490 e. The van der Waals surface area contributed by atoms with Crippen LogP contribution in [0, 0.1) is 0 Å². The Kier molecular flexibility index (Phi) is 8.88. The van der Waals surface area contributed by atoms with Crippen LogP contribution in [0.1, 0.15) is 32.3 Å². The lowest BCUT2D eigenvalue weighted by molar-refractivity contribution is 0.0978. The van der Waals surface area contributed by atoms with Gasteiger partial charge in [-0.2, -0.15) is 0 Å². The summed E-state index contributed by atoms with van der Waals surface area (Å²) in [6.07, 6.45) is 2.28. The molecule has 0 bridgehead atoms. The van der Waals surface area contributed by atoms with E-state index >= 15 is 0 Å². The number of rotatable bonds is 10. The molecule has 4 heteroatoms. The molecule has 0 aliphatic rings. The molecule has 0 saturated heterocycles. The van der Waals surface area contributed by atoms with Gasteiger partial charge in [-0.3, -0.25) is 0 Å². The third kappa shape index (κ3) is 6.95. The average molecular weight is 330 g/mol. The predicted octanol–water partition coefficient (Wildman–Crippen LogP) is 3.75. The topological polar surface area (TPSA) is 30.5 Å². The van der Waals surface area contributed by atoms with Gasteiger partial charge in [0.2, 0.25) is 0 Å². The smallest absolute Gasteiger partial charge is 0.133 e. The first-order chi connectivity index (χ1) is 9.27. The zero-order valence-electron chi connectivity index (χ0n) is 11.9. The van der Waals surface area contributed by atoms with Crippen molar-refractivity contribution < 1.29 is 9.47 Å². The van der Waals surface area contributed by atoms with Crippen LogP contribution in [0.5, 0.6) is 5.75 Å². The number of unbranched alkanes of at least 4 members (excludes halogenated alkanes) is 1. The molecular formula is C15H24BrNO2. The summed E-state index contributed by atoms with van der Waals surface area (Å²) in [6.45, 7) is 8.18. The lowest BCUT2D eigenvalue weighted by atomic mass is 10.2. The number of nitrogens with one attached hydrogen (secondary N) is 1. The van der Waals surface area contributed by atoms with E-state index in [1.54, 1.807) is 0 Å². The van der Waals surface area contributed by atoms with Gasteiger partial charge >= 0.3 is 0 Å². The van der Waals surface area contributed by atoms with Gasteiger partial charge < -0.3 is 14.8 Å². The third-order valence-electron chi connectivity index (χ3n) is 2.70. The summed E-state index contributed by atoms with van der Waals surface area (Å²) in [5.74, 6) is 0.874. The zero-order chi connectivity index (χ0) is 13.9. The number of hydrogen-bond donors (Lipinski definition) is 1. The van der Waals surface area contributed by atoms with E-state index in [1.807, 2.05) is 6.07 Å². The summed E-state index contributed by atoms with van der Waals surface area (Å²) in [5.41, 5.74) is 1.25. The highest BCUT2D eigenvalue weighted by atomic mass is 79.9. The van der Waals surface area contributed by atoms with Crippen molar-refractivity contribution in [3.05, 3.63) is 28.2 Å². The van der Waals surface area contributed by atoms with E-state index in [-0.39, 0.29) is 0 Å². The molecule has 1 aromatic carbocycles. The predicted molar refractivity (Wildman–Crippen MR) is 82.7 cm³/mol.